The Morgan fingerprint density at radius 1 is 1.15 bits per heavy atom. The molecule has 210 valence electrons. The number of benzene rings is 2. The highest BCUT2D eigenvalue weighted by Crippen LogP contribution is 2.43. The SMILES string of the molecule is CN1CCC(C#N)(NC(=O)C2(OCc3ccc(Cl)cc3)CCC(S(=O)(=O)c3ccccc3C(F)(F)F)C2)CC1. The van der Waals surface area contributed by atoms with Crippen molar-refractivity contribution in [3.63, 3.8) is 0 Å². The summed E-state index contributed by atoms with van der Waals surface area (Å²) in [6.45, 7) is 1.11. The average Bonchev–Trinajstić information content (AvgIpc) is 3.36. The molecule has 2 fully saturated rings. The second-order valence-electron chi connectivity index (χ2n) is 10.3. The highest BCUT2D eigenvalue weighted by molar-refractivity contribution is 7.92. The van der Waals surface area contributed by atoms with Gasteiger partial charge < -0.3 is 15.0 Å². The zero-order valence-electron chi connectivity index (χ0n) is 21.3. The maximum absolute atomic E-state index is 13.8. The first kappa shape index (κ1) is 29.3. The van der Waals surface area contributed by atoms with Gasteiger partial charge in [0.15, 0.2) is 9.84 Å². The summed E-state index contributed by atoms with van der Waals surface area (Å²) in [6.07, 6.45) is -4.58. The Labute approximate surface area is 230 Å². The van der Waals surface area contributed by atoms with E-state index in [1.165, 1.54) is 6.07 Å². The largest absolute Gasteiger partial charge is 0.417 e. The zero-order chi connectivity index (χ0) is 28.5. The van der Waals surface area contributed by atoms with E-state index in [9.17, 15) is 31.6 Å². The second-order valence-corrected chi connectivity index (χ2v) is 12.9. The summed E-state index contributed by atoms with van der Waals surface area (Å²) < 4.78 is 74.1. The molecule has 2 aliphatic rings. The normalized spacial score (nSPS) is 23.7. The summed E-state index contributed by atoms with van der Waals surface area (Å²) in [7, 11) is -2.57. The van der Waals surface area contributed by atoms with Crippen LogP contribution in [-0.4, -0.2) is 55.8 Å². The minimum absolute atomic E-state index is 0.0358. The van der Waals surface area contributed by atoms with Crippen molar-refractivity contribution in [1.29, 1.82) is 5.26 Å². The molecule has 1 heterocycles. The highest BCUT2D eigenvalue weighted by atomic mass is 35.5. The minimum Gasteiger partial charge on any atom is -0.360 e. The Balaban J connectivity index is 1.65. The maximum Gasteiger partial charge on any atom is 0.417 e. The molecule has 1 aliphatic heterocycles. The van der Waals surface area contributed by atoms with Crippen LogP contribution in [0.5, 0.6) is 0 Å². The molecule has 2 unspecified atom stereocenters. The third kappa shape index (κ3) is 6.24. The van der Waals surface area contributed by atoms with Gasteiger partial charge in [0.1, 0.15) is 11.1 Å². The van der Waals surface area contributed by atoms with Gasteiger partial charge >= 0.3 is 6.18 Å². The first-order valence-corrected chi connectivity index (χ1v) is 14.4. The molecule has 0 aromatic heterocycles. The average molecular weight is 584 g/mol. The molecule has 1 saturated carbocycles. The molecule has 2 aromatic carbocycles. The van der Waals surface area contributed by atoms with Gasteiger partial charge in [0, 0.05) is 24.5 Å². The van der Waals surface area contributed by atoms with Gasteiger partial charge in [-0.15, -0.1) is 0 Å². The summed E-state index contributed by atoms with van der Waals surface area (Å²) in [5, 5.41) is 12.0. The minimum atomic E-state index is -4.87. The van der Waals surface area contributed by atoms with Crippen LogP contribution in [0.15, 0.2) is 53.4 Å². The number of hydrogen-bond acceptors (Lipinski definition) is 6. The fraction of sp³-hybridized carbons (Fsp3) is 0.481. The number of nitrogens with one attached hydrogen (secondary N) is 1. The fourth-order valence-corrected chi connectivity index (χ4v) is 7.32. The molecule has 39 heavy (non-hydrogen) atoms. The maximum atomic E-state index is 13.8. The zero-order valence-corrected chi connectivity index (χ0v) is 22.9. The Morgan fingerprint density at radius 3 is 2.41 bits per heavy atom. The van der Waals surface area contributed by atoms with E-state index in [0.717, 1.165) is 18.2 Å². The Morgan fingerprint density at radius 2 is 1.79 bits per heavy atom. The number of amides is 1. The molecule has 2 aromatic rings. The molecule has 0 bridgehead atoms. The molecule has 0 spiro atoms. The van der Waals surface area contributed by atoms with Crippen LogP contribution in [0.1, 0.15) is 43.2 Å². The van der Waals surface area contributed by atoms with Crippen molar-refractivity contribution in [3.05, 3.63) is 64.7 Å². The van der Waals surface area contributed by atoms with E-state index in [1.807, 2.05) is 11.9 Å². The number of hydrogen-bond donors (Lipinski definition) is 1. The van der Waals surface area contributed by atoms with Crippen LogP contribution in [0.4, 0.5) is 13.2 Å². The van der Waals surface area contributed by atoms with Crippen molar-refractivity contribution in [2.45, 2.75) is 66.2 Å². The summed E-state index contributed by atoms with van der Waals surface area (Å²) in [5.41, 5.74) is -3.38. The van der Waals surface area contributed by atoms with Crippen LogP contribution in [0, 0.1) is 11.3 Å². The lowest BCUT2D eigenvalue weighted by Gasteiger charge is -2.39. The van der Waals surface area contributed by atoms with E-state index in [1.54, 1.807) is 24.3 Å². The molecule has 0 radical (unpaired) electrons. The molecule has 4 rings (SSSR count). The number of nitrogens with zero attached hydrogens (tertiary/aromatic N) is 2. The van der Waals surface area contributed by atoms with Crippen molar-refractivity contribution < 1.29 is 31.1 Å². The number of rotatable bonds is 7. The summed E-state index contributed by atoms with van der Waals surface area (Å²) in [6, 6.07) is 12.9. The number of ether oxygens (including phenoxy) is 1. The quantitative estimate of drug-likeness (QED) is 0.505. The van der Waals surface area contributed by atoms with Crippen molar-refractivity contribution >= 4 is 27.3 Å². The molecular weight excluding hydrogens is 555 g/mol. The lowest BCUT2D eigenvalue weighted by Crippen LogP contribution is -2.59. The number of halogens is 4. The Kier molecular flexibility index (Phi) is 8.34. The number of nitriles is 1. The van der Waals surface area contributed by atoms with Gasteiger partial charge in [-0.3, -0.25) is 4.79 Å². The summed E-state index contributed by atoms with van der Waals surface area (Å²) in [4.78, 5) is 15.0. The van der Waals surface area contributed by atoms with Gasteiger partial charge in [-0.2, -0.15) is 18.4 Å². The lowest BCUT2D eigenvalue weighted by molar-refractivity contribution is -0.150. The molecule has 1 saturated heterocycles. The number of carbonyl (C=O) groups excluding carboxylic acids is 1. The van der Waals surface area contributed by atoms with Crippen molar-refractivity contribution in [3.8, 4) is 6.07 Å². The van der Waals surface area contributed by atoms with E-state index in [0.29, 0.717) is 36.5 Å². The van der Waals surface area contributed by atoms with E-state index in [2.05, 4.69) is 11.4 Å². The third-order valence-corrected chi connectivity index (χ3v) is 10.1. The first-order chi connectivity index (χ1) is 18.3. The topological polar surface area (TPSA) is 99.5 Å². The van der Waals surface area contributed by atoms with Crippen LogP contribution < -0.4 is 5.32 Å². The smallest absolute Gasteiger partial charge is 0.360 e. The van der Waals surface area contributed by atoms with Gasteiger partial charge in [0.2, 0.25) is 0 Å². The number of sulfone groups is 1. The summed E-state index contributed by atoms with van der Waals surface area (Å²) in [5.74, 6) is -0.635. The first-order valence-electron chi connectivity index (χ1n) is 12.5. The third-order valence-electron chi connectivity index (χ3n) is 7.61. The molecule has 1 N–H and O–H groups in total. The van der Waals surface area contributed by atoms with Crippen molar-refractivity contribution in [1.82, 2.24) is 10.2 Å². The highest BCUT2D eigenvalue weighted by Gasteiger charge is 2.53. The molecule has 2 atom stereocenters. The van der Waals surface area contributed by atoms with Gasteiger partial charge in [-0.1, -0.05) is 35.9 Å². The second kappa shape index (κ2) is 11.1. The lowest BCUT2D eigenvalue weighted by atomic mass is 9.87. The molecule has 1 aliphatic carbocycles. The molecule has 7 nitrogen and oxygen atoms in total. The van der Waals surface area contributed by atoms with Crippen molar-refractivity contribution in [2.75, 3.05) is 20.1 Å². The Bertz CT molecular complexity index is 1350. The standard InChI is InChI=1S/C27H29ClF3N3O4S/c1-34-14-12-25(18-32,13-15-34)33-24(35)26(38-17-19-6-8-20(28)9-7-19)11-10-21(16-26)39(36,37)23-5-3-2-4-22(23)27(29,30)31/h2-9,21H,10-17H2,1H3,(H,33,35). The number of alkyl halides is 3. The van der Waals surface area contributed by atoms with Crippen LogP contribution in [0.3, 0.4) is 0 Å². The van der Waals surface area contributed by atoms with E-state index in [-0.39, 0.29) is 25.9 Å². The Hall–Kier alpha value is -2.65. The van der Waals surface area contributed by atoms with Gasteiger partial charge in [0.05, 0.1) is 28.4 Å². The van der Waals surface area contributed by atoms with E-state index in [4.69, 9.17) is 16.3 Å². The summed E-state index contributed by atoms with van der Waals surface area (Å²) >= 11 is 5.95. The van der Waals surface area contributed by atoms with Gasteiger partial charge in [0.25, 0.3) is 5.91 Å². The number of carbonyl (C=O) groups is 1. The predicted octanol–water partition coefficient (Wildman–Crippen LogP) is 4.74. The predicted molar refractivity (Wildman–Crippen MR) is 138 cm³/mol. The van der Waals surface area contributed by atoms with Crippen LogP contribution in [0.25, 0.3) is 0 Å². The van der Waals surface area contributed by atoms with E-state index < -0.39 is 48.8 Å². The van der Waals surface area contributed by atoms with Crippen LogP contribution in [0.2, 0.25) is 5.02 Å². The molecule has 12 heteroatoms. The van der Waals surface area contributed by atoms with Gasteiger partial charge in [-0.05, 0) is 62.6 Å². The van der Waals surface area contributed by atoms with E-state index >= 15 is 0 Å². The van der Waals surface area contributed by atoms with Crippen LogP contribution >= 0.6 is 11.6 Å². The molecule has 1 amide bonds. The van der Waals surface area contributed by atoms with Crippen molar-refractivity contribution in [2.24, 2.45) is 0 Å². The van der Waals surface area contributed by atoms with Gasteiger partial charge in [-0.25, -0.2) is 8.42 Å². The number of piperidine rings is 1. The van der Waals surface area contributed by atoms with Crippen LogP contribution in [-0.2, 0) is 32.2 Å². The number of likely N-dealkylation sites (tertiary alicyclic amines) is 1. The molecular formula is C27H29ClF3N3O4S. The monoisotopic (exact) mass is 583 g/mol. The fourth-order valence-electron chi connectivity index (χ4n) is 5.16.